The Morgan fingerprint density at radius 3 is 2.62 bits per heavy atom. The first kappa shape index (κ1) is 15.3. The monoisotopic (exact) mass is 398 g/mol. The predicted octanol–water partition coefficient (Wildman–Crippen LogP) is 6.02. The summed E-state index contributed by atoms with van der Waals surface area (Å²) in [6.45, 7) is 4.16. The molecule has 1 aromatic carbocycles. The Labute approximate surface area is 145 Å². The highest BCUT2D eigenvalue weighted by Gasteiger charge is 2.13. The highest BCUT2D eigenvalue weighted by Crippen LogP contribution is 2.33. The highest BCUT2D eigenvalue weighted by molar-refractivity contribution is 9.10. The summed E-state index contributed by atoms with van der Waals surface area (Å²) >= 11 is 13.2. The van der Waals surface area contributed by atoms with Gasteiger partial charge in [-0.2, -0.15) is 0 Å². The first-order chi connectivity index (χ1) is 10.0. The van der Waals surface area contributed by atoms with Crippen molar-refractivity contribution in [2.75, 3.05) is 0 Å². The van der Waals surface area contributed by atoms with Gasteiger partial charge in [-0.25, -0.2) is 9.97 Å². The Morgan fingerprint density at radius 2 is 1.90 bits per heavy atom. The minimum absolute atomic E-state index is 0.563. The summed E-state index contributed by atoms with van der Waals surface area (Å²) in [6, 6.07) is 8.22. The number of halogens is 2. The predicted molar refractivity (Wildman–Crippen MR) is 95.6 cm³/mol. The number of aromatic nitrogens is 2. The Bertz CT molecular complexity index is 800. The minimum Gasteiger partial charge on any atom is -0.221 e. The molecule has 2 aromatic heterocycles. The normalized spacial score (nSPS) is 11.2. The van der Waals surface area contributed by atoms with Gasteiger partial charge in [0.2, 0.25) is 0 Å². The Morgan fingerprint density at radius 1 is 1.19 bits per heavy atom. The number of thiophene rings is 1. The van der Waals surface area contributed by atoms with E-state index < -0.39 is 0 Å². The lowest BCUT2D eigenvalue weighted by molar-refractivity contribution is 1.07. The van der Waals surface area contributed by atoms with Crippen molar-refractivity contribution >= 4 is 60.8 Å². The molecule has 2 nitrogen and oxygen atoms in total. The van der Waals surface area contributed by atoms with Crippen LogP contribution in [0, 0.1) is 13.8 Å². The van der Waals surface area contributed by atoms with Crippen LogP contribution < -0.4 is 0 Å². The number of hydrogen-bond donors (Lipinski definition) is 0. The average molecular weight is 400 g/mol. The topological polar surface area (TPSA) is 25.8 Å². The number of aryl methyl sites for hydroxylation is 2. The molecule has 21 heavy (non-hydrogen) atoms. The first-order valence-electron chi connectivity index (χ1n) is 6.35. The SMILES string of the molecule is Cc1sc2nc(CSc3ccc(Br)cc3)nc(Cl)c2c1C. The zero-order valence-corrected chi connectivity index (χ0v) is 15.5. The number of hydrogen-bond acceptors (Lipinski definition) is 4. The van der Waals surface area contributed by atoms with Crippen LogP contribution in [0.5, 0.6) is 0 Å². The molecule has 0 aliphatic heterocycles. The van der Waals surface area contributed by atoms with Crippen LogP contribution in [-0.2, 0) is 5.75 Å². The fourth-order valence-electron chi connectivity index (χ4n) is 1.99. The van der Waals surface area contributed by atoms with Gasteiger partial charge in [-0.15, -0.1) is 23.1 Å². The molecule has 0 aliphatic rings. The second kappa shape index (κ2) is 6.24. The van der Waals surface area contributed by atoms with E-state index in [9.17, 15) is 0 Å². The van der Waals surface area contributed by atoms with Crippen molar-refractivity contribution in [2.45, 2.75) is 24.5 Å². The largest absolute Gasteiger partial charge is 0.221 e. The highest BCUT2D eigenvalue weighted by atomic mass is 79.9. The first-order valence-corrected chi connectivity index (χ1v) is 9.32. The molecule has 0 amide bonds. The van der Waals surface area contributed by atoms with Gasteiger partial charge in [-0.05, 0) is 43.7 Å². The zero-order valence-electron chi connectivity index (χ0n) is 11.5. The fraction of sp³-hybridized carbons (Fsp3) is 0.200. The van der Waals surface area contributed by atoms with E-state index in [1.807, 2.05) is 12.1 Å². The van der Waals surface area contributed by atoms with Crippen LogP contribution in [0.25, 0.3) is 10.2 Å². The maximum absolute atomic E-state index is 6.32. The molecule has 0 aliphatic carbocycles. The molecule has 0 bridgehead atoms. The molecule has 3 rings (SSSR count). The molecule has 108 valence electrons. The van der Waals surface area contributed by atoms with Crippen LogP contribution in [0.1, 0.15) is 16.3 Å². The number of thioether (sulfide) groups is 1. The third kappa shape index (κ3) is 3.26. The number of benzene rings is 1. The zero-order chi connectivity index (χ0) is 15.0. The number of rotatable bonds is 3. The van der Waals surface area contributed by atoms with Crippen LogP contribution in [0.4, 0.5) is 0 Å². The Balaban J connectivity index is 1.86. The van der Waals surface area contributed by atoms with Gasteiger partial charge in [0.05, 0.1) is 11.1 Å². The van der Waals surface area contributed by atoms with E-state index in [1.54, 1.807) is 23.1 Å². The lowest BCUT2D eigenvalue weighted by Gasteiger charge is -2.03. The molecular formula is C15H12BrClN2S2. The lowest BCUT2D eigenvalue weighted by Crippen LogP contribution is -1.93. The van der Waals surface area contributed by atoms with Crippen molar-refractivity contribution in [3.63, 3.8) is 0 Å². The van der Waals surface area contributed by atoms with E-state index in [0.717, 1.165) is 20.5 Å². The van der Waals surface area contributed by atoms with E-state index in [0.29, 0.717) is 10.9 Å². The van der Waals surface area contributed by atoms with Gasteiger partial charge in [-0.1, -0.05) is 27.5 Å². The summed E-state index contributed by atoms with van der Waals surface area (Å²) in [5.41, 5.74) is 1.19. The van der Waals surface area contributed by atoms with Gasteiger partial charge >= 0.3 is 0 Å². The molecular weight excluding hydrogens is 388 g/mol. The van der Waals surface area contributed by atoms with Crippen LogP contribution in [0.15, 0.2) is 33.6 Å². The number of fused-ring (bicyclic) bond motifs is 1. The number of nitrogens with zero attached hydrogens (tertiary/aromatic N) is 2. The standard InChI is InChI=1S/C15H12BrClN2S2/c1-8-9(2)21-15-13(8)14(17)18-12(19-15)7-20-11-5-3-10(16)4-6-11/h3-6H,7H2,1-2H3. The molecule has 0 radical (unpaired) electrons. The summed E-state index contributed by atoms with van der Waals surface area (Å²) in [5.74, 6) is 1.49. The van der Waals surface area contributed by atoms with Crippen LogP contribution in [0.2, 0.25) is 5.15 Å². The van der Waals surface area contributed by atoms with E-state index >= 15 is 0 Å². The van der Waals surface area contributed by atoms with Crippen molar-refractivity contribution in [3.05, 3.63) is 50.2 Å². The van der Waals surface area contributed by atoms with Gasteiger partial charge in [0.25, 0.3) is 0 Å². The van der Waals surface area contributed by atoms with Crippen molar-refractivity contribution in [2.24, 2.45) is 0 Å². The van der Waals surface area contributed by atoms with Crippen molar-refractivity contribution < 1.29 is 0 Å². The van der Waals surface area contributed by atoms with Gasteiger partial charge in [-0.3, -0.25) is 0 Å². The summed E-state index contributed by atoms with van der Waals surface area (Å²) in [4.78, 5) is 12.5. The molecule has 0 saturated carbocycles. The van der Waals surface area contributed by atoms with Crippen molar-refractivity contribution in [1.82, 2.24) is 9.97 Å². The second-order valence-corrected chi connectivity index (χ2v) is 8.16. The Kier molecular flexibility index (Phi) is 4.54. The maximum atomic E-state index is 6.32. The van der Waals surface area contributed by atoms with E-state index in [2.05, 4.69) is 51.9 Å². The molecule has 6 heteroatoms. The van der Waals surface area contributed by atoms with Gasteiger partial charge < -0.3 is 0 Å². The third-order valence-electron chi connectivity index (χ3n) is 3.21. The summed E-state index contributed by atoms with van der Waals surface area (Å²) in [7, 11) is 0. The molecule has 0 spiro atoms. The summed E-state index contributed by atoms with van der Waals surface area (Å²) in [5, 5.41) is 1.56. The van der Waals surface area contributed by atoms with Crippen molar-refractivity contribution in [1.29, 1.82) is 0 Å². The maximum Gasteiger partial charge on any atom is 0.142 e. The summed E-state index contributed by atoms with van der Waals surface area (Å²) in [6.07, 6.45) is 0. The third-order valence-corrected chi connectivity index (χ3v) is 6.12. The average Bonchev–Trinajstić information content (AvgIpc) is 2.74. The molecule has 3 aromatic rings. The molecule has 0 fully saturated rings. The minimum atomic E-state index is 0.563. The van der Waals surface area contributed by atoms with Crippen LogP contribution in [0.3, 0.4) is 0 Å². The molecule has 0 atom stereocenters. The Hall–Kier alpha value is -0.620. The molecule has 0 saturated heterocycles. The lowest BCUT2D eigenvalue weighted by atomic mass is 10.2. The van der Waals surface area contributed by atoms with E-state index in [4.69, 9.17) is 11.6 Å². The van der Waals surface area contributed by atoms with E-state index in [1.165, 1.54) is 15.3 Å². The molecule has 0 unspecified atom stereocenters. The van der Waals surface area contributed by atoms with E-state index in [-0.39, 0.29) is 0 Å². The van der Waals surface area contributed by atoms with Crippen LogP contribution >= 0.6 is 50.6 Å². The summed E-state index contributed by atoms with van der Waals surface area (Å²) < 4.78 is 1.08. The molecule has 2 heterocycles. The van der Waals surface area contributed by atoms with Gasteiger partial charge in [0.1, 0.15) is 15.8 Å². The van der Waals surface area contributed by atoms with Crippen LogP contribution in [-0.4, -0.2) is 9.97 Å². The van der Waals surface area contributed by atoms with Gasteiger partial charge in [0.15, 0.2) is 0 Å². The smallest absolute Gasteiger partial charge is 0.142 e. The second-order valence-electron chi connectivity index (χ2n) is 4.64. The van der Waals surface area contributed by atoms with Crippen molar-refractivity contribution in [3.8, 4) is 0 Å². The van der Waals surface area contributed by atoms with Gasteiger partial charge in [0, 0.05) is 14.2 Å². The quantitative estimate of drug-likeness (QED) is 0.398. The molecule has 0 N–H and O–H groups in total. The fourth-order valence-corrected chi connectivity index (χ4v) is 4.44.